The summed E-state index contributed by atoms with van der Waals surface area (Å²) in [5.74, 6) is -5.12. The quantitative estimate of drug-likeness (QED) is 0.780. The van der Waals surface area contributed by atoms with Gasteiger partial charge in [-0.1, -0.05) is 0 Å². The lowest BCUT2D eigenvalue weighted by molar-refractivity contribution is 0.0745. The Morgan fingerprint density at radius 1 is 1.39 bits per heavy atom. The van der Waals surface area contributed by atoms with Gasteiger partial charge in [-0.25, -0.2) is 13.2 Å². The van der Waals surface area contributed by atoms with Crippen LogP contribution in [0, 0.1) is 28.8 Å². The van der Waals surface area contributed by atoms with Gasteiger partial charge >= 0.3 is 0 Å². The Morgan fingerprint density at radius 2 is 1.89 bits per heavy atom. The Labute approximate surface area is 102 Å². The van der Waals surface area contributed by atoms with Crippen LogP contribution in [0.15, 0.2) is 12.1 Å². The second-order valence-corrected chi connectivity index (χ2v) is 3.88. The van der Waals surface area contributed by atoms with E-state index in [2.05, 4.69) is 0 Å². The SMILES string of the molecule is CC(CC#N)N(C)C(=O)c1cc(F)c(F)c(F)c1. The summed E-state index contributed by atoms with van der Waals surface area (Å²) in [6.45, 7) is 1.62. The predicted octanol–water partition coefficient (Wildman–Crippen LogP) is 2.48. The molecule has 0 saturated heterocycles. The highest BCUT2D eigenvalue weighted by Crippen LogP contribution is 2.16. The number of rotatable bonds is 3. The lowest BCUT2D eigenvalue weighted by atomic mass is 10.1. The molecule has 0 saturated carbocycles. The highest BCUT2D eigenvalue weighted by atomic mass is 19.2. The molecule has 0 aromatic heterocycles. The van der Waals surface area contributed by atoms with Crippen LogP contribution in [0.4, 0.5) is 13.2 Å². The summed E-state index contributed by atoms with van der Waals surface area (Å²) in [6.07, 6.45) is 0.0917. The van der Waals surface area contributed by atoms with Gasteiger partial charge in [0.05, 0.1) is 12.5 Å². The number of benzene rings is 1. The first-order valence-corrected chi connectivity index (χ1v) is 5.17. The summed E-state index contributed by atoms with van der Waals surface area (Å²) in [4.78, 5) is 13.0. The van der Waals surface area contributed by atoms with Crippen LogP contribution in [0.5, 0.6) is 0 Å². The zero-order valence-electron chi connectivity index (χ0n) is 9.88. The van der Waals surface area contributed by atoms with Crippen molar-refractivity contribution in [2.75, 3.05) is 7.05 Å². The molecule has 1 unspecified atom stereocenters. The number of hydrogen-bond donors (Lipinski definition) is 0. The van der Waals surface area contributed by atoms with Gasteiger partial charge in [-0.3, -0.25) is 4.79 Å². The summed E-state index contributed by atoms with van der Waals surface area (Å²) >= 11 is 0. The third-order valence-corrected chi connectivity index (χ3v) is 2.60. The topological polar surface area (TPSA) is 44.1 Å². The number of carbonyl (C=O) groups excluding carboxylic acids is 1. The Balaban J connectivity index is 3.01. The monoisotopic (exact) mass is 256 g/mol. The first kappa shape index (κ1) is 14.0. The maximum absolute atomic E-state index is 13.0. The molecule has 18 heavy (non-hydrogen) atoms. The van der Waals surface area contributed by atoms with E-state index in [1.165, 1.54) is 11.9 Å². The van der Waals surface area contributed by atoms with E-state index in [0.29, 0.717) is 12.1 Å². The highest BCUT2D eigenvalue weighted by molar-refractivity contribution is 5.94. The predicted molar refractivity (Wildman–Crippen MR) is 58.1 cm³/mol. The second kappa shape index (κ2) is 5.54. The molecule has 1 aromatic rings. The molecule has 0 radical (unpaired) electrons. The van der Waals surface area contributed by atoms with Gasteiger partial charge in [0.2, 0.25) is 0 Å². The molecule has 0 spiro atoms. The molecule has 0 aliphatic heterocycles. The maximum atomic E-state index is 13.0. The largest absolute Gasteiger partial charge is 0.338 e. The van der Waals surface area contributed by atoms with Crippen molar-refractivity contribution in [1.82, 2.24) is 4.90 Å². The van der Waals surface area contributed by atoms with E-state index >= 15 is 0 Å². The fourth-order valence-corrected chi connectivity index (χ4v) is 1.35. The van der Waals surface area contributed by atoms with E-state index in [9.17, 15) is 18.0 Å². The number of amides is 1. The maximum Gasteiger partial charge on any atom is 0.254 e. The van der Waals surface area contributed by atoms with Crippen LogP contribution in [-0.4, -0.2) is 23.9 Å². The molecular formula is C12H11F3N2O. The van der Waals surface area contributed by atoms with Gasteiger partial charge in [-0.2, -0.15) is 5.26 Å². The molecule has 3 nitrogen and oxygen atoms in total. The minimum absolute atomic E-state index is 0.0917. The van der Waals surface area contributed by atoms with E-state index in [1.807, 2.05) is 6.07 Å². The molecule has 0 bridgehead atoms. The average molecular weight is 256 g/mol. The molecule has 0 heterocycles. The average Bonchev–Trinajstić information content (AvgIpc) is 2.33. The van der Waals surface area contributed by atoms with Crippen molar-refractivity contribution in [2.45, 2.75) is 19.4 Å². The van der Waals surface area contributed by atoms with Crippen molar-refractivity contribution in [2.24, 2.45) is 0 Å². The zero-order valence-corrected chi connectivity index (χ0v) is 9.88. The normalized spacial score (nSPS) is 11.8. The summed E-state index contributed by atoms with van der Waals surface area (Å²) in [6, 6.07) is 2.75. The van der Waals surface area contributed by atoms with Crippen LogP contribution < -0.4 is 0 Å². The smallest absolute Gasteiger partial charge is 0.254 e. The first-order chi connectivity index (χ1) is 8.38. The zero-order chi connectivity index (χ0) is 13.9. The van der Waals surface area contributed by atoms with Crippen molar-refractivity contribution in [1.29, 1.82) is 5.26 Å². The molecular weight excluding hydrogens is 245 g/mol. The van der Waals surface area contributed by atoms with Gasteiger partial charge in [-0.15, -0.1) is 0 Å². The third-order valence-electron chi connectivity index (χ3n) is 2.60. The van der Waals surface area contributed by atoms with Crippen molar-refractivity contribution in [3.63, 3.8) is 0 Å². The van der Waals surface area contributed by atoms with Gasteiger partial charge in [0.25, 0.3) is 5.91 Å². The number of nitriles is 1. The van der Waals surface area contributed by atoms with Crippen LogP contribution in [0.2, 0.25) is 0 Å². The molecule has 0 fully saturated rings. The molecule has 6 heteroatoms. The Kier molecular flexibility index (Phi) is 4.32. The summed E-state index contributed by atoms with van der Waals surface area (Å²) < 4.78 is 38.7. The number of halogens is 3. The second-order valence-electron chi connectivity index (χ2n) is 3.88. The minimum Gasteiger partial charge on any atom is -0.338 e. The van der Waals surface area contributed by atoms with Crippen molar-refractivity contribution < 1.29 is 18.0 Å². The lowest BCUT2D eigenvalue weighted by Gasteiger charge is -2.23. The van der Waals surface area contributed by atoms with Gasteiger partial charge in [0, 0.05) is 18.7 Å². The lowest BCUT2D eigenvalue weighted by Crippen LogP contribution is -2.35. The van der Waals surface area contributed by atoms with Crippen molar-refractivity contribution >= 4 is 5.91 Å². The van der Waals surface area contributed by atoms with Crippen LogP contribution in [0.3, 0.4) is 0 Å². The van der Waals surface area contributed by atoms with E-state index in [0.717, 1.165) is 0 Å². The molecule has 1 amide bonds. The van der Waals surface area contributed by atoms with Gasteiger partial charge in [0.1, 0.15) is 0 Å². The van der Waals surface area contributed by atoms with Crippen LogP contribution in [0.25, 0.3) is 0 Å². The van der Waals surface area contributed by atoms with Crippen LogP contribution in [-0.2, 0) is 0 Å². The molecule has 0 aliphatic rings. The van der Waals surface area contributed by atoms with Crippen LogP contribution in [0.1, 0.15) is 23.7 Å². The van der Waals surface area contributed by atoms with E-state index < -0.39 is 29.4 Å². The van der Waals surface area contributed by atoms with E-state index in [-0.39, 0.29) is 12.0 Å². The standard InChI is InChI=1S/C12H11F3N2O/c1-7(3-4-16)17(2)12(18)8-5-9(13)11(15)10(14)6-8/h5-7H,3H2,1-2H3. The van der Waals surface area contributed by atoms with Crippen LogP contribution >= 0.6 is 0 Å². The Morgan fingerprint density at radius 3 is 2.33 bits per heavy atom. The summed E-state index contributed by atoms with van der Waals surface area (Å²) in [7, 11) is 1.41. The van der Waals surface area contributed by atoms with E-state index in [4.69, 9.17) is 5.26 Å². The molecule has 0 aliphatic carbocycles. The van der Waals surface area contributed by atoms with Gasteiger partial charge in [0.15, 0.2) is 17.5 Å². The molecule has 1 aromatic carbocycles. The summed E-state index contributed by atoms with van der Waals surface area (Å²) in [5, 5.41) is 8.50. The highest BCUT2D eigenvalue weighted by Gasteiger charge is 2.20. The molecule has 0 N–H and O–H groups in total. The Hall–Kier alpha value is -2.03. The number of carbonyl (C=O) groups is 1. The van der Waals surface area contributed by atoms with E-state index in [1.54, 1.807) is 6.92 Å². The molecule has 1 rings (SSSR count). The Bertz CT molecular complexity index is 488. The summed E-state index contributed by atoms with van der Waals surface area (Å²) in [5.41, 5.74) is -0.293. The minimum atomic E-state index is -1.61. The fourth-order valence-electron chi connectivity index (χ4n) is 1.35. The molecule has 96 valence electrons. The number of hydrogen-bond acceptors (Lipinski definition) is 2. The number of nitrogens with zero attached hydrogens (tertiary/aromatic N) is 2. The van der Waals surface area contributed by atoms with Crippen molar-refractivity contribution in [3.05, 3.63) is 35.1 Å². The molecule has 1 atom stereocenters. The van der Waals surface area contributed by atoms with Gasteiger partial charge in [-0.05, 0) is 19.1 Å². The van der Waals surface area contributed by atoms with Gasteiger partial charge < -0.3 is 4.90 Å². The first-order valence-electron chi connectivity index (χ1n) is 5.17. The fraction of sp³-hybridized carbons (Fsp3) is 0.333. The van der Waals surface area contributed by atoms with Crippen molar-refractivity contribution in [3.8, 4) is 6.07 Å². The third kappa shape index (κ3) is 2.80.